The van der Waals surface area contributed by atoms with E-state index in [2.05, 4.69) is 47.1 Å². The molecule has 0 saturated carbocycles. The van der Waals surface area contributed by atoms with Crippen LogP contribution in [-0.2, 0) is 10.2 Å². The lowest BCUT2D eigenvalue weighted by Crippen LogP contribution is -2.25. The second-order valence-electron chi connectivity index (χ2n) is 4.60. The molecule has 0 N–H and O–H groups in total. The number of halogens is 1. The molecule has 2 aromatic rings. The summed E-state index contributed by atoms with van der Waals surface area (Å²) in [6.07, 6.45) is 0.445. The molecule has 0 aliphatic carbocycles. The molecule has 2 aromatic carbocycles. The van der Waals surface area contributed by atoms with Crippen molar-refractivity contribution in [1.29, 1.82) is 0 Å². The van der Waals surface area contributed by atoms with E-state index in [1.54, 1.807) is 0 Å². The van der Waals surface area contributed by atoms with Gasteiger partial charge in [0.05, 0.1) is 0 Å². The van der Waals surface area contributed by atoms with Crippen LogP contribution in [0.4, 0.5) is 0 Å². The van der Waals surface area contributed by atoms with Gasteiger partial charge in [0.2, 0.25) is 0 Å². The summed E-state index contributed by atoms with van der Waals surface area (Å²) in [6.45, 7) is 2.11. The largest absolute Gasteiger partial charge is 0.287 e. The minimum atomic E-state index is -0.289. The van der Waals surface area contributed by atoms with E-state index < -0.39 is 0 Å². The summed E-state index contributed by atoms with van der Waals surface area (Å²) >= 11 is 3.07. The van der Waals surface area contributed by atoms with Crippen LogP contribution in [0.15, 0.2) is 60.7 Å². The van der Waals surface area contributed by atoms with Crippen LogP contribution in [-0.4, -0.2) is 4.69 Å². The molecular formula is C16H15BrO. The highest BCUT2D eigenvalue weighted by Crippen LogP contribution is 2.35. The van der Waals surface area contributed by atoms with Gasteiger partial charge in [-0.1, -0.05) is 67.6 Å². The molecule has 0 aliphatic heterocycles. The van der Waals surface area contributed by atoms with Crippen LogP contribution in [0, 0.1) is 0 Å². The first-order chi connectivity index (χ1) is 8.63. The number of carbonyl (C=O) groups excluding carboxylic acids is 1. The van der Waals surface area contributed by atoms with E-state index in [0.29, 0.717) is 6.42 Å². The molecule has 0 radical (unpaired) electrons. The second-order valence-corrected chi connectivity index (χ2v) is 5.48. The molecule has 0 aliphatic rings. The Morgan fingerprint density at radius 3 is 1.67 bits per heavy atom. The maximum atomic E-state index is 11.5. The van der Waals surface area contributed by atoms with E-state index in [4.69, 9.17) is 0 Å². The summed E-state index contributed by atoms with van der Waals surface area (Å²) in [4.78, 5) is 11.5. The van der Waals surface area contributed by atoms with Gasteiger partial charge in [-0.15, -0.1) is 0 Å². The molecule has 1 nitrogen and oxygen atoms in total. The molecule has 0 aromatic heterocycles. The third-order valence-corrected chi connectivity index (χ3v) is 3.59. The first-order valence-corrected chi connectivity index (χ1v) is 6.71. The Labute approximate surface area is 116 Å². The van der Waals surface area contributed by atoms with Crippen LogP contribution in [0.1, 0.15) is 24.5 Å². The third kappa shape index (κ3) is 2.70. The quantitative estimate of drug-likeness (QED) is 0.769. The van der Waals surface area contributed by atoms with Gasteiger partial charge < -0.3 is 0 Å². The van der Waals surface area contributed by atoms with Crippen molar-refractivity contribution >= 4 is 20.6 Å². The monoisotopic (exact) mass is 302 g/mol. The van der Waals surface area contributed by atoms with Crippen LogP contribution >= 0.6 is 15.9 Å². The second kappa shape index (κ2) is 5.49. The fourth-order valence-electron chi connectivity index (χ4n) is 2.26. The van der Waals surface area contributed by atoms with Crippen molar-refractivity contribution in [3.8, 4) is 0 Å². The number of rotatable bonds is 4. The van der Waals surface area contributed by atoms with Gasteiger partial charge in [0.25, 0.3) is 0 Å². The van der Waals surface area contributed by atoms with E-state index in [-0.39, 0.29) is 10.1 Å². The van der Waals surface area contributed by atoms with Gasteiger partial charge in [0.15, 0.2) is 4.69 Å². The van der Waals surface area contributed by atoms with Crippen molar-refractivity contribution in [2.24, 2.45) is 0 Å². The van der Waals surface area contributed by atoms with E-state index in [1.807, 2.05) is 36.4 Å². The lowest BCUT2D eigenvalue weighted by molar-refractivity contribution is -0.111. The lowest BCUT2D eigenvalue weighted by Gasteiger charge is -2.29. The van der Waals surface area contributed by atoms with Crippen molar-refractivity contribution in [3.05, 3.63) is 71.8 Å². The molecule has 0 fully saturated rings. The first kappa shape index (κ1) is 13.0. The summed E-state index contributed by atoms with van der Waals surface area (Å²) in [5, 5.41) is 0. The molecule has 0 unspecified atom stereocenters. The fourth-order valence-corrected chi connectivity index (χ4v) is 2.82. The lowest BCUT2D eigenvalue weighted by atomic mass is 9.74. The van der Waals surface area contributed by atoms with Crippen LogP contribution < -0.4 is 0 Å². The van der Waals surface area contributed by atoms with Gasteiger partial charge in [0, 0.05) is 11.8 Å². The molecule has 0 heterocycles. The van der Waals surface area contributed by atoms with E-state index in [9.17, 15) is 4.79 Å². The van der Waals surface area contributed by atoms with Crippen molar-refractivity contribution < 1.29 is 4.79 Å². The average molecular weight is 303 g/mol. The van der Waals surface area contributed by atoms with Crippen LogP contribution in [0.5, 0.6) is 0 Å². The number of hydrogen-bond acceptors (Lipinski definition) is 1. The Bertz CT molecular complexity index is 480. The van der Waals surface area contributed by atoms with E-state index in [1.165, 1.54) is 0 Å². The SMILES string of the molecule is CC(CC(=O)Br)(c1ccccc1)c1ccccc1. The number of hydrogen-bond donors (Lipinski definition) is 0. The highest BCUT2D eigenvalue weighted by Gasteiger charge is 2.30. The molecule has 0 atom stereocenters. The first-order valence-electron chi connectivity index (χ1n) is 5.92. The Morgan fingerprint density at radius 2 is 1.33 bits per heavy atom. The van der Waals surface area contributed by atoms with Crippen molar-refractivity contribution in [2.75, 3.05) is 0 Å². The molecule has 92 valence electrons. The van der Waals surface area contributed by atoms with Gasteiger partial charge in [-0.3, -0.25) is 4.79 Å². The summed E-state index contributed by atoms with van der Waals surface area (Å²) in [6, 6.07) is 20.3. The molecule has 0 amide bonds. The van der Waals surface area contributed by atoms with Gasteiger partial charge >= 0.3 is 0 Å². The van der Waals surface area contributed by atoms with Gasteiger partial charge in [-0.2, -0.15) is 0 Å². The minimum absolute atomic E-state index is 0.0257. The number of carbonyl (C=O) groups is 1. The zero-order valence-electron chi connectivity index (χ0n) is 10.3. The maximum Gasteiger partial charge on any atom is 0.199 e. The highest BCUT2D eigenvalue weighted by atomic mass is 79.9. The summed E-state index contributed by atoms with van der Waals surface area (Å²) < 4.78 is 0.0257. The van der Waals surface area contributed by atoms with Crippen LogP contribution in [0.2, 0.25) is 0 Å². The van der Waals surface area contributed by atoms with E-state index in [0.717, 1.165) is 11.1 Å². The van der Waals surface area contributed by atoms with Gasteiger partial charge in [0.1, 0.15) is 0 Å². The predicted octanol–water partition coefficient (Wildman–Crippen LogP) is 4.30. The Kier molecular flexibility index (Phi) is 3.97. The molecule has 0 spiro atoms. The van der Waals surface area contributed by atoms with Crippen molar-refractivity contribution in [1.82, 2.24) is 0 Å². The third-order valence-electron chi connectivity index (χ3n) is 3.31. The Hall–Kier alpha value is -1.41. The molecule has 0 bridgehead atoms. The van der Waals surface area contributed by atoms with Gasteiger partial charge in [-0.05, 0) is 27.1 Å². The maximum absolute atomic E-state index is 11.5. The minimum Gasteiger partial charge on any atom is -0.287 e. The zero-order valence-corrected chi connectivity index (χ0v) is 11.9. The molecule has 2 heteroatoms. The molecule has 2 rings (SSSR count). The summed E-state index contributed by atoms with van der Waals surface area (Å²) in [5.74, 6) is 0. The molecule has 0 saturated heterocycles. The van der Waals surface area contributed by atoms with E-state index >= 15 is 0 Å². The van der Waals surface area contributed by atoms with Crippen molar-refractivity contribution in [2.45, 2.75) is 18.8 Å². The van der Waals surface area contributed by atoms with Gasteiger partial charge in [-0.25, -0.2) is 0 Å². The smallest absolute Gasteiger partial charge is 0.199 e. The summed E-state index contributed by atoms with van der Waals surface area (Å²) in [5.41, 5.74) is 2.02. The van der Waals surface area contributed by atoms with Crippen molar-refractivity contribution in [3.63, 3.8) is 0 Å². The predicted molar refractivity (Wildman–Crippen MR) is 77.9 cm³/mol. The fraction of sp³-hybridized carbons (Fsp3) is 0.188. The Balaban J connectivity index is 2.51. The topological polar surface area (TPSA) is 17.1 Å². The number of benzene rings is 2. The Morgan fingerprint density at radius 1 is 0.944 bits per heavy atom. The highest BCUT2D eigenvalue weighted by molar-refractivity contribution is 9.18. The normalized spacial score (nSPS) is 11.2. The summed E-state index contributed by atoms with van der Waals surface area (Å²) in [7, 11) is 0. The molecular weight excluding hydrogens is 288 g/mol. The van der Waals surface area contributed by atoms with Crippen LogP contribution in [0.25, 0.3) is 0 Å². The van der Waals surface area contributed by atoms with Crippen LogP contribution in [0.3, 0.4) is 0 Å². The average Bonchev–Trinajstić information content (AvgIpc) is 2.40. The standard InChI is InChI=1S/C16H15BrO/c1-16(12-15(17)18,13-8-4-2-5-9-13)14-10-6-3-7-11-14/h2-11H,12H2,1H3. The zero-order chi connectivity index (χ0) is 13.0. The molecule has 18 heavy (non-hydrogen) atoms.